The Labute approximate surface area is 130 Å². The molecule has 0 saturated carbocycles. The molecule has 8 heteroatoms. The number of sulfone groups is 1. The van der Waals surface area contributed by atoms with Gasteiger partial charge in [-0.1, -0.05) is 0 Å². The van der Waals surface area contributed by atoms with Gasteiger partial charge in [0.2, 0.25) is 5.91 Å². The molecule has 0 radical (unpaired) electrons. The zero-order chi connectivity index (χ0) is 15.9. The normalized spacial score (nSPS) is 28.0. The summed E-state index contributed by atoms with van der Waals surface area (Å²) in [6.07, 6.45) is 2.34. The van der Waals surface area contributed by atoms with E-state index in [1.54, 1.807) is 0 Å². The third-order valence-corrected chi connectivity index (χ3v) is 6.31. The van der Waals surface area contributed by atoms with Crippen LogP contribution in [-0.4, -0.2) is 58.6 Å². The van der Waals surface area contributed by atoms with Crippen LogP contribution in [-0.2, 0) is 14.6 Å². The van der Waals surface area contributed by atoms with Crippen molar-refractivity contribution in [3.63, 3.8) is 0 Å². The molecule has 0 unspecified atom stereocenters. The van der Waals surface area contributed by atoms with Crippen LogP contribution in [0.1, 0.15) is 37.0 Å². The van der Waals surface area contributed by atoms with Crippen LogP contribution in [0.5, 0.6) is 0 Å². The molecule has 0 aromatic carbocycles. The second-order valence-corrected chi connectivity index (χ2v) is 8.56. The first-order valence-corrected chi connectivity index (χ1v) is 9.57. The second-order valence-electron chi connectivity index (χ2n) is 6.33. The number of carbonyl (C=O) groups is 1. The number of hydrogen-bond acceptors (Lipinski definition) is 5. The number of piperidine rings is 1. The number of likely N-dealkylation sites (tertiary alicyclic amines) is 1. The van der Waals surface area contributed by atoms with Crippen molar-refractivity contribution in [3.8, 4) is 0 Å². The predicted octanol–water partition coefficient (Wildman–Crippen LogP) is 0.493. The molecule has 1 aromatic rings. The molecule has 2 atom stereocenters. The maximum Gasteiger partial charge on any atom is 0.226 e. The molecular weight excluding hydrogens is 304 g/mol. The Morgan fingerprint density at radius 2 is 2.05 bits per heavy atom. The first-order valence-electron chi connectivity index (χ1n) is 7.75. The summed E-state index contributed by atoms with van der Waals surface area (Å²) < 4.78 is 25.0. The van der Waals surface area contributed by atoms with Crippen molar-refractivity contribution in [2.75, 3.05) is 24.6 Å². The van der Waals surface area contributed by atoms with Crippen LogP contribution in [0.25, 0.3) is 0 Å². The lowest BCUT2D eigenvalue weighted by atomic mass is 10.0. The highest BCUT2D eigenvalue weighted by Crippen LogP contribution is 2.26. The van der Waals surface area contributed by atoms with Crippen LogP contribution < -0.4 is 0 Å². The summed E-state index contributed by atoms with van der Waals surface area (Å²) >= 11 is 0. The van der Waals surface area contributed by atoms with Crippen molar-refractivity contribution >= 4 is 15.7 Å². The molecule has 2 saturated heterocycles. The summed E-state index contributed by atoms with van der Waals surface area (Å²) in [5, 5.41) is 4.42. The highest BCUT2D eigenvalue weighted by atomic mass is 32.2. The Kier molecular flexibility index (Phi) is 3.96. The third kappa shape index (κ3) is 3.02. The summed E-state index contributed by atoms with van der Waals surface area (Å²) in [7, 11) is -3.02. The average molecular weight is 326 g/mol. The van der Waals surface area contributed by atoms with Crippen molar-refractivity contribution in [1.82, 2.24) is 19.7 Å². The summed E-state index contributed by atoms with van der Waals surface area (Å²) in [6.45, 7) is 5.08. The van der Waals surface area contributed by atoms with E-state index in [1.165, 1.54) is 0 Å². The van der Waals surface area contributed by atoms with Gasteiger partial charge >= 0.3 is 0 Å². The highest BCUT2D eigenvalue weighted by molar-refractivity contribution is 7.91. The minimum Gasteiger partial charge on any atom is -0.340 e. The van der Waals surface area contributed by atoms with E-state index in [1.807, 2.05) is 23.4 Å². The van der Waals surface area contributed by atoms with Gasteiger partial charge in [-0.3, -0.25) is 4.79 Å². The first kappa shape index (κ1) is 15.5. The number of carbonyl (C=O) groups excluding carboxylic acids is 1. The summed E-state index contributed by atoms with van der Waals surface area (Å²) in [5.41, 5.74) is 0. The van der Waals surface area contributed by atoms with Gasteiger partial charge in [-0.05, 0) is 33.1 Å². The number of aryl methyl sites for hydroxylation is 2. The Morgan fingerprint density at radius 3 is 2.64 bits per heavy atom. The Hall–Kier alpha value is -1.44. The quantitative estimate of drug-likeness (QED) is 0.790. The zero-order valence-electron chi connectivity index (χ0n) is 13.0. The average Bonchev–Trinajstić information content (AvgIpc) is 3.00. The van der Waals surface area contributed by atoms with E-state index in [-0.39, 0.29) is 29.4 Å². The number of hydrogen-bond donors (Lipinski definition) is 0. The topological polar surface area (TPSA) is 85.2 Å². The summed E-state index contributed by atoms with van der Waals surface area (Å²) in [4.78, 5) is 18.7. The first-order chi connectivity index (χ1) is 10.4. The van der Waals surface area contributed by atoms with Crippen LogP contribution >= 0.6 is 0 Å². The minimum atomic E-state index is -3.02. The van der Waals surface area contributed by atoms with Crippen molar-refractivity contribution in [1.29, 1.82) is 0 Å². The number of rotatable bonds is 2. The molecule has 2 fully saturated rings. The predicted molar refractivity (Wildman–Crippen MR) is 81.1 cm³/mol. The SMILES string of the molecule is Cc1nc(C)n([C@@H]2CCCN(C(=O)[C@@H]3CCS(=O)(=O)C3)C2)n1. The lowest BCUT2D eigenvalue weighted by Crippen LogP contribution is -2.44. The number of aromatic nitrogens is 3. The van der Waals surface area contributed by atoms with Crippen molar-refractivity contribution < 1.29 is 13.2 Å². The van der Waals surface area contributed by atoms with Crippen LogP contribution in [0, 0.1) is 19.8 Å². The summed E-state index contributed by atoms with van der Waals surface area (Å²) in [6, 6.07) is 0.136. The van der Waals surface area contributed by atoms with Crippen molar-refractivity contribution in [2.45, 2.75) is 39.2 Å². The minimum absolute atomic E-state index is 0.00839. The molecule has 22 heavy (non-hydrogen) atoms. The van der Waals surface area contributed by atoms with Gasteiger partial charge in [-0.25, -0.2) is 18.1 Å². The molecule has 2 aliphatic rings. The fourth-order valence-corrected chi connectivity index (χ4v) is 5.22. The van der Waals surface area contributed by atoms with Gasteiger partial charge in [-0.2, -0.15) is 5.10 Å². The molecule has 1 aromatic heterocycles. The largest absolute Gasteiger partial charge is 0.340 e. The molecule has 7 nitrogen and oxygen atoms in total. The molecule has 0 bridgehead atoms. The smallest absolute Gasteiger partial charge is 0.226 e. The molecule has 3 heterocycles. The molecule has 0 spiro atoms. The Morgan fingerprint density at radius 1 is 1.27 bits per heavy atom. The van der Waals surface area contributed by atoms with Crippen molar-refractivity contribution in [2.24, 2.45) is 5.92 Å². The molecular formula is C14H22N4O3S. The van der Waals surface area contributed by atoms with E-state index in [4.69, 9.17) is 0 Å². The highest BCUT2D eigenvalue weighted by Gasteiger charge is 2.37. The molecule has 0 N–H and O–H groups in total. The molecule has 1 amide bonds. The Bertz CT molecular complexity index is 682. The molecule has 0 aliphatic carbocycles. The lowest BCUT2D eigenvalue weighted by molar-refractivity contribution is -0.136. The van der Waals surface area contributed by atoms with Gasteiger partial charge in [0.05, 0.1) is 23.5 Å². The second kappa shape index (κ2) is 5.64. The van der Waals surface area contributed by atoms with E-state index in [0.29, 0.717) is 19.5 Å². The standard InChI is InChI=1S/C14H22N4O3S/c1-10-15-11(2)18(16-10)13-4-3-6-17(8-13)14(19)12-5-7-22(20,21)9-12/h12-13H,3-9H2,1-2H3/t12-,13-/m1/s1. The maximum atomic E-state index is 12.6. The van der Waals surface area contributed by atoms with Gasteiger partial charge in [0.15, 0.2) is 9.84 Å². The molecule has 2 aliphatic heterocycles. The van der Waals surface area contributed by atoms with Crippen molar-refractivity contribution in [3.05, 3.63) is 11.6 Å². The number of amides is 1. The molecule has 3 rings (SSSR count). The van der Waals surface area contributed by atoms with Gasteiger partial charge in [0.1, 0.15) is 11.6 Å². The summed E-state index contributed by atoms with van der Waals surface area (Å²) in [5.74, 6) is 1.38. The van der Waals surface area contributed by atoms with E-state index in [0.717, 1.165) is 24.5 Å². The van der Waals surface area contributed by atoms with Gasteiger partial charge in [-0.15, -0.1) is 0 Å². The van der Waals surface area contributed by atoms with Gasteiger partial charge in [0.25, 0.3) is 0 Å². The van der Waals surface area contributed by atoms with Crippen LogP contribution in [0.3, 0.4) is 0 Å². The van der Waals surface area contributed by atoms with Gasteiger partial charge in [0, 0.05) is 13.1 Å². The van der Waals surface area contributed by atoms with Crippen LogP contribution in [0.4, 0.5) is 0 Å². The third-order valence-electron chi connectivity index (χ3n) is 4.54. The number of nitrogens with zero attached hydrogens (tertiary/aromatic N) is 4. The fraction of sp³-hybridized carbons (Fsp3) is 0.786. The van der Waals surface area contributed by atoms with E-state index < -0.39 is 9.84 Å². The maximum absolute atomic E-state index is 12.6. The lowest BCUT2D eigenvalue weighted by Gasteiger charge is -2.34. The van der Waals surface area contributed by atoms with Gasteiger partial charge < -0.3 is 4.90 Å². The fourth-order valence-electron chi connectivity index (χ4n) is 3.48. The molecule has 122 valence electrons. The van der Waals surface area contributed by atoms with E-state index in [2.05, 4.69) is 10.1 Å². The van der Waals surface area contributed by atoms with E-state index in [9.17, 15) is 13.2 Å². The monoisotopic (exact) mass is 326 g/mol. The zero-order valence-corrected chi connectivity index (χ0v) is 13.8. The van der Waals surface area contributed by atoms with Crippen LogP contribution in [0.2, 0.25) is 0 Å². The Balaban J connectivity index is 1.71. The van der Waals surface area contributed by atoms with E-state index >= 15 is 0 Å². The van der Waals surface area contributed by atoms with Crippen LogP contribution in [0.15, 0.2) is 0 Å².